The number of hydrogen-bond donors (Lipinski definition) is 0. The van der Waals surface area contributed by atoms with Gasteiger partial charge in [-0.05, 0) is 32.4 Å². The first-order valence-corrected chi connectivity index (χ1v) is 7.44. The molecule has 112 valence electrons. The molecule has 0 unspecified atom stereocenters. The molecule has 2 heterocycles. The van der Waals surface area contributed by atoms with Crippen molar-refractivity contribution in [2.75, 3.05) is 0 Å². The van der Waals surface area contributed by atoms with Crippen LogP contribution in [0.4, 0.5) is 5.69 Å². The Morgan fingerprint density at radius 1 is 1.18 bits per heavy atom. The number of aromatic nitrogens is 2. The van der Waals surface area contributed by atoms with Gasteiger partial charge in [-0.25, -0.2) is 4.98 Å². The Morgan fingerprint density at radius 2 is 1.91 bits per heavy atom. The number of fused-ring (bicyclic) bond motifs is 1. The van der Waals surface area contributed by atoms with E-state index in [9.17, 15) is 10.1 Å². The summed E-state index contributed by atoms with van der Waals surface area (Å²) in [6, 6.07) is 6.27. The molecule has 0 spiro atoms. The molecule has 2 aromatic heterocycles. The van der Waals surface area contributed by atoms with Gasteiger partial charge in [0.15, 0.2) is 0 Å². The molecule has 0 fully saturated rings. The molecule has 3 rings (SSSR count). The summed E-state index contributed by atoms with van der Waals surface area (Å²) in [5, 5.41) is 11.9. The summed E-state index contributed by atoms with van der Waals surface area (Å²) in [7, 11) is 0. The monoisotopic (exact) mass is 315 g/mol. The van der Waals surface area contributed by atoms with Crippen molar-refractivity contribution in [3.63, 3.8) is 0 Å². The first kappa shape index (κ1) is 14.4. The van der Waals surface area contributed by atoms with Crippen LogP contribution >= 0.6 is 11.3 Å². The highest BCUT2D eigenvalue weighted by molar-refractivity contribution is 7.18. The molecule has 0 aliphatic rings. The van der Waals surface area contributed by atoms with Crippen LogP contribution < -0.4 is 4.74 Å². The molecule has 6 nitrogen and oxygen atoms in total. The van der Waals surface area contributed by atoms with Crippen LogP contribution in [0.5, 0.6) is 11.6 Å². The molecule has 0 atom stereocenters. The van der Waals surface area contributed by atoms with Gasteiger partial charge in [0.25, 0.3) is 0 Å². The lowest BCUT2D eigenvalue weighted by Gasteiger charge is -2.07. The molecule has 0 saturated carbocycles. The van der Waals surface area contributed by atoms with Crippen LogP contribution in [0.25, 0.3) is 10.2 Å². The Kier molecular flexibility index (Phi) is 3.50. The Hall–Kier alpha value is -2.54. The molecule has 3 aromatic rings. The Morgan fingerprint density at radius 3 is 2.64 bits per heavy atom. The molecule has 1 aromatic carbocycles. The van der Waals surface area contributed by atoms with Crippen LogP contribution in [0.1, 0.15) is 16.3 Å². The highest BCUT2D eigenvalue weighted by Crippen LogP contribution is 2.38. The zero-order chi connectivity index (χ0) is 15.9. The number of rotatable bonds is 3. The van der Waals surface area contributed by atoms with E-state index in [1.807, 2.05) is 13.8 Å². The standard InChI is InChI=1S/C15H13N3O3S/c1-8-9(2)22-15-13(8)14(16-10(3)17-15)21-12-7-5-4-6-11(12)18(19)20/h4-7H,1-3H3. The fourth-order valence-corrected chi connectivity index (χ4v) is 3.25. The minimum absolute atomic E-state index is 0.0866. The van der Waals surface area contributed by atoms with Crippen LogP contribution in [0.3, 0.4) is 0 Å². The van der Waals surface area contributed by atoms with E-state index < -0.39 is 4.92 Å². The van der Waals surface area contributed by atoms with E-state index in [0.717, 1.165) is 20.7 Å². The molecule has 7 heteroatoms. The fourth-order valence-electron chi connectivity index (χ4n) is 2.19. The van der Waals surface area contributed by atoms with Crippen molar-refractivity contribution < 1.29 is 9.66 Å². The highest BCUT2D eigenvalue weighted by atomic mass is 32.1. The second-order valence-electron chi connectivity index (χ2n) is 4.87. The first-order valence-electron chi connectivity index (χ1n) is 6.63. The first-order chi connectivity index (χ1) is 10.5. The Bertz CT molecular complexity index is 889. The molecule has 0 aliphatic heterocycles. The van der Waals surface area contributed by atoms with Crippen molar-refractivity contribution >= 4 is 27.2 Å². The second kappa shape index (κ2) is 5.34. The lowest BCUT2D eigenvalue weighted by molar-refractivity contribution is -0.385. The summed E-state index contributed by atoms with van der Waals surface area (Å²) in [5.74, 6) is 1.11. The van der Waals surface area contributed by atoms with E-state index in [1.54, 1.807) is 36.5 Å². The summed E-state index contributed by atoms with van der Waals surface area (Å²) in [6.45, 7) is 5.75. The van der Waals surface area contributed by atoms with Crippen molar-refractivity contribution in [2.45, 2.75) is 20.8 Å². The van der Waals surface area contributed by atoms with Crippen molar-refractivity contribution in [1.29, 1.82) is 0 Å². The molecule has 0 saturated heterocycles. The lowest BCUT2D eigenvalue weighted by Crippen LogP contribution is -1.97. The van der Waals surface area contributed by atoms with Gasteiger partial charge in [0.2, 0.25) is 11.6 Å². The van der Waals surface area contributed by atoms with Gasteiger partial charge in [-0.2, -0.15) is 4.98 Å². The minimum atomic E-state index is -0.466. The number of nitrogens with zero attached hydrogens (tertiary/aromatic N) is 3. The molecule has 0 aliphatic carbocycles. The maximum absolute atomic E-state index is 11.1. The predicted molar refractivity (Wildman–Crippen MR) is 84.8 cm³/mol. The molecular weight excluding hydrogens is 302 g/mol. The van der Waals surface area contributed by atoms with E-state index in [4.69, 9.17) is 4.74 Å². The van der Waals surface area contributed by atoms with E-state index in [2.05, 4.69) is 9.97 Å². The molecule has 0 N–H and O–H groups in total. The smallest absolute Gasteiger partial charge is 0.311 e. The van der Waals surface area contributed by atoms with E-state index in [1.165, 1.54) is 6.07 Å². The predicted octanol–water partition coefficient (Wildman–Crippen LogP) is 4.32. The van der Waals surface area contributed by atoms with Gasteiger partial charge in [0.05, 0.1) is 10.3 Å². The fraction of sp³-hybridized carbons (Fsp3) is 0.200. The number of hydrogen-bond acceptors (Lipinski definition) is 6. The summed E-state index contributed by atoms with van der Waals surface area (Å²) >= 11 is 1.56. The number of para-hydroxylation sites is 2. The van der Waals surface area contributed by atoms with E-state index in [-0.39, 0.29) is 11.4 Å². The molecular formula is C15H13N3O3S. The third kappa shape index (κ3) is 2.39. The van der Waals surface area contributed by atoms with Crippen molar-refractivity contribution in [3.05, 3.63) is 50.6 Å². The summed E-state index contributed by atoms with van der Waals surface area (Å²) in [5.41, 5.74) is 0.949. The number of nitro benzene ring substituents is 1. The maximum atomic E-state index is 11.1. The molecule has 0 amide bonds. The van der Waals surface area contributed by atoms with Gasteiger partial charge in [-0.3, -0.25) is 10.1 Å². The molecule has 0 bridgehead atoms. The SMILES string of the molecule is Cc1nc(Oc2ccccc2[N+](=O)[O-])c2c(C)c(C)sc2n1. The largest absolute Gasteiger partial charge is 0.431 e. The van der Waals surface area contributed by atoms with Gasteiger partial charge in [0, 0.05) is 10.9 Å². The summed E-state index contributed by atoms with van der Waals surface area (Å²) in [4.78, 5) is 21.3. The molecule has 22 heavy (non-hydrogen) atoms. The van der Waals surface area contributed by atoms with Gasteiger partial charge in [0.1, 0.15) is 10.7 Å². The lowest BCUT2D eigenvalue weighted by atomic mass is 10.2. The van der Waals surface area contributed by atoms with Crippen molar-refractivity contribution in [3.8, 4) is 11.6 Å². The van der Waals surface area contributed by atoms with Crippen LogP contribution in [0.15, 0.2) is 24.3 Å². The number of nitro groups is 1. The van der Waals surface area contributed by atoms with Crippen LogP contribution in [0.2, 0.25) is 0 Å². The number of benzene rings is 1. The van der Waals surface area contributed by atoms with Gasteiger partial charge >= 0.3 is 5.69 Å². The quantitative estimate of drug-likeness (QED) is 0.531. The normalized spacial score (nSPS) is 10.9. The zero-order valence-corrected chi connectivity index (χ0v) is 13.1. The van der Waals surface area contributed by atoms with Gasteiger partial charge < -0.3 is 4.74 Å². The van der Waals surface area contributed by atoms with Crippen LogP contribution in [-0.2, 0) is 0 Å². The molecule has 0 radical (unpaired) electrons. The van der Waals surface area contributed by atoms with Crippen LogP contribution in [0, 0.1) is 30.9 Å². The van der Waals surface area contributed by atoms with Crippen LogP contribution in [-0.4, -0.2) is 14.9 Å². The third-order valence-corrected chi connectivity index (χ3v) is 4.48. The summed E-state index contributed by atoms with van der Waals surface area (Å²) in [6.07, 6.45) is 0. The Labute approximate surface area is 130 Å². The maximum Gasteiger partial charge on any atom is 0.311 e. The second-order valence-corrected chi connectivity index (χ2v) is 6.07. The average molecular weight is 315 g/mol. The zero-order valence-electron chi connectivity index (χ0n) is 12.3. The van der Waals surface area contributed by atoms with Crippen molar-refractivity contribution in [1.82, 2.24) is 9.97 Å². The highest BCUT2D eigenvalue weighted by Gasteiger charge is 2.19. The third-order valence-electron chi connectivity index (χ3n) is 3.38. The van der Waals surface area contributed by atoms with Gasteiger partial charge in [-0.1, -0.05) is 12.1 Å². The van der Waals surface area contributed by atoms with Crippen molar-refractivity contribution in [2.24, 2.45) is 0 Å². The van der Waals surface area contributed by atoms with E-state index in [0.29, 0.717) is 11.7 Å². The van der Waals surface area contributed by atoms with Gasteiger partial charge in [-0.15, -0.1) is 11.3 Å². The minimum Gasteiger partial charge on any atom is -0.431 e. The number of aryl methyl sites for hydroxylation is 3. The number of thiophene rings is 1. The van der Waals surface area contributed by atoms with E-state index >= 15 is 0 Å². The summed E-state index contributed by atoms with van der Waals surface area (Å²) < 4.78 is 5.77. The average Bonchev–Trinajstić information content (AvgIpc) is 2.74. The Balaban J connectivity index is 2.18. The number of ether oxygens (including phenoxy) is 1. The topological polar surface area (TPSA) is 78.2 Å².